The van der Waals surface area contributed by atoms with Crippen LogP contribution >= 0.6 is 0 Å². The number of rotatable bonds is 8. The van der Waals surface area contributed by atoms with Crippen LogP contribution in [0, 0.1) is 17.8 Å². The molecule has 1 aromatic rings. The lowest BCUT2D eigenvalue weighted by molar-refractivity contribution is -0.132. The largest absolute Gasteiger partial charge is 0.497 e. The second-order valence-corrected chi connectivity index (χ2v) is 9.26. The molecule has 1 N–H and O–H groups in total. The van der Waals surface area contributed by atoms with Gasteiger partial charge in [-0.15, -0.1) is 0 Å². The average Bonchev–Trinajstić information content (AvgIpc) is 3.36. The summed E-state index contributed by atoms with van der Waals surface area (Å²) >= 11 is 0. The van der Waals surface area contributed by atoms with E-state index in [1.54, 1.807) is 12.0 Å². The average molecular weight is 413 g/mol. The number of benzene rings is 1. The van der Waals surface area contributed by atoms with E-state index in [0.717, 1.165) is 24.9 Å². The Kier molecular flexibility index (Phi) is 5.62. The first kappa shape index (κ1) is 20.9. The maximum Gasteiger partial charge on any atom is 0.234 e. The van der Waals surface area contributed by atoms with Crippen LogP contribution in [0.3, 0.4) is 0 Å². The van der Waals surface area contributed by atoms with Gasteiger partial charge in [0.1, 0.15) is 11.4 Å². The number of ether oxygens (including phenoxy) is 2. The highest BCUT2D eigenvalue weighted by Crippen LogP contribution is 2.52. The first-order valence-electron chi connectivity index (χ1n) is 11.0. The van der Waals surface area contributed by atoms with Gasteiger partial charge in [0.25, 0.3) is 0 Å². The summed E-state index contributed by atoms with van der Waals surface area (Å²) in [6, 6.07) is 7.53. The third kappa shape index (κ3) is 3.62. The maximum absolute atomic E-state index is 13.4. The van der Waals surface area contributed by atoms with Crippen LogP contribution in [-0.4, -0.2) is 43.2 Å². The number of nitrogens with zero attached hydrogens (tertiary/aromatic N) is 1. The van der Waals surface area contributed by atoms with Crippen molar-refractivity contribution in [3.05, 3.63) is 36.4 Å². The lowest BCUT2D eigenvalue weighted by Crippen LogP contribution is -2.46. The van der Waals surface area contributed by atoms with Crippen LogP contribution in [0.25, 0.3) is 0 Å². The minimum Gasteiger partial charge on any atom is -0.497 e. The van der Waals surface area contributed by atoms with Gasteiger partial charge in [-0.2, -0.15) is 0 Å². The van der Waals surface area contributed by atoms with Gasteiger partial charge in [-0.3, -0.25) is 9.59 Å². The molecule has 0 unspecified atom stereocenters. The predicted molar refractivity (Wildman–Crippen MR) is 115 cm³/mol. The summed E-state index contributed by atoms with van der Waals surface area (Å²) in [7, 11) is 1.61. The Morgan fingerprint density at radius 1 is 1.33 bits per heavy atom. The molecule has 3 heterocycles. The molecule has 162 valence electrons. The number of methoxy groups -OCH3 is 1. The molecule has 0 aliphatic carbocycles. The van der Waals surface area contributed by atoms with E-state index in [1.807, 2.05) is 43.3 Å². The lowest BCUT2D eigenvalue weighted by Gasteiger charge is -2.25. The van der Waals surface area contributed by atoms with E-state index >= 15 is 0 Å². The van der Waals surface area contributed by atoms with Crippen LogP contribution < -0.4 is 15.0 Å². The molecule has 3 aliphatic rings. The molecule has 5 atom stereocenters. The number of fused-ring (bicyclic) bond motifs is 1. The summed E-state index contributed by atoms with van der Waals surface area (Å²) in [6.45, 7) is 6.88. The van der Waals surface area contributed by atoms with Crippen molar-refractivity contribution in [3.63, 3.8) is 0 Å². The van der Waals surface area contributed by atoms with E-state index in [9.17, 15) is 9.59 Å². The van der Waals surface area contributed by atoms with E-state index in [0.29, 0.717) is 18.2 Å². The van der Waals surface area contributed by atoms with E-state index in [-0.39, 0.29) is 24.0 Å². The molecule has 2 fully saturated rings. The molecule has 0 aromatic heterocycles. The smallest absolute Gasteiger partial charge is 0.234 e. The predicted octanol–water partition coefficient (Wildman–Crippen LogP) is 3.31. The number of carbonyl (C=O) groups is 2. The zero-order chi connectivity index (χ0) is 21.5. The molecule has 4 rings (SSSR count). The Morgan fingerprint density at radius 2 is 2.13 bits per heavy atom. The van der Waals surface area contributed by atoms with Crippen LogP contribution in [0.15, 0.2) is 36.4 Å². The minimum atomic E-state index is -0.715. The number of nitrogens with one attached hydrogen (secondary N) is 1. The molecule has 1 spiro atoms. The SMILES string of the molecule is COc1cccc(N2C[C@@]34C=C[C@H](O3)[C@H](C(=O)N[C@H](C)CCCC(C)C)[C@H]4C2=O)c1. The summed E-state index contributed by atoms with van der Waals surface area (Å²) < 4.78 is 11.5. The highest BCUT2D eigenvalue weighted by molar-refractivity contribution is 6.03. The Hall–Kier alpha value is -2.34. The van der Waals surface area contributed by atoms with Gasteiger partial charge in [0.15, 0.2) is 0 Å². The van der Waals surface area contributed by atoms with Crippen molar-refractivity contribution in [1.29, 1.82) is 0 Å². The van der Waals surface area contributed by atoms with Gasteiger partial charge in [-0.05, 0) is 31.4 Å². The third-order valence-corrected chi connectivity index (χ3v) is 6.58. The number of hydrogen-bond acceptors (Lipinski definition) is 4. The van der Waals surface area contributed by atoms with Crippen molar-refractivity contribution in [2.75, 3.05) is 18.6 Å². The zero-order valence-corrected chi connectivity index (χ0v) is 18.3. The fourth-order valence-electron chi connectivity index (χ4n) is 5.04. The molecule has 6 nitrogen and oxygen atoms in total. The highest BCUT2D eigenvalue weighted by atomic mass is 16.5. The fraction of sp³-hybridized carbons (Fsp3) is 0.583. The maximum atomic E-state index is 13.4. The molecular weight excluding hydrogens is 380 g/mol. The lowest BCUT2D eigenvalue weighted by atomic mass is 9.76. The highest BCUT2D eigenvalue weighted by Gasteiger charge is 2.67. The summed E-state index contributed by atoms with van der Waals surface area (Å²) in [5, 5.41) is 3.14. The van der Waals surface area contributed by atoms with Crippen molar-refractivity contribution in [2.45, 2.75) is 57.8 Å². The summed E-state index contributed by atoms with van der Waals surface area (Å²) in [4.78, 5) is 28.3. The Bertz CT molecular complexity index is 851. The van der Waals surface area contributed by atoms with Gasteiger partial charge < -0.3 is 19.7 Å². The van der Waals surface area contributed by atoms with Crippen LogP contribution in [0.1, 0.15) is 40.0 Å². The summed E-state index contributed by atoms with van der Waals surface area (Å²) in [5.41, 5.74) is 0.0538. The molecule has 0 radical (unpaired) electrons. The van der Waals surface area contributed by atoms with Gasteiger partial charge in [0.2, 0.25) is 11.8 Å². The van der Waals surface area contributed by atoms with Crippen molar-refractivity contribution < 1.29 is 19.1 Å². The number of carbonyl (C=O) groups excluding carboxylic acids is 2. The van der Waals surface area contributed by atoms with Crippen molar-refractivity contribution >= 4 is 17.5 Å². The van der Waals surface area contributed by atoms with Gasteiger partial charge in [-0.1, -0.05) is 44.9 Å². The standard InChI is InChI=1S/C24H32N2O4/c1-15(2)7-5-8-16(3)25-22(27)20-19-11-12-24(30-19)14-26(23(28)21(20)24)17-9-6-10-18(13-17)29-4/h6,9-13,15-16,19-21H,5,7-8,14H2,1-4H3,(H,25,27)/t16-,19+,20+,21+,24-/m1/s1. The normalized spacial score (nSPS) is 30.1. The summed E-state index contributed by atoms with van der Waals surface area (Å²) in [6.07, 6.45) is 6.78. The second-order valence-electron chi connectivity index (χ2n) is 9.26. The van der Waals surface area contributed by atoms with Gasteiger partial charge in [0, 0.05) is 17.8 Å². The van der Waals surface area contributed by atoms with Gasteiger partial charge in [0.05, 0.1) is 31.6 Å². The first-order chi connectivity index (χ1) is 14.3. The molecule has 3 aliphatic heterocycles. The first-order valence-corrected chi connectivity index (χ1v) is 11.0. The molecular formula is C24H32N2O4. The van der Waals surface area contributed by atoms with Crippen molar-refractivity contribution in [1.82, 2.24) is 5.32 Å². The molecule has 6 heteroatoms. The number of hydrogen-bond donors (Lipinski definition) is 1. The molecule has 0 saturated carbocycles. The third-order valence-electron chi connectivity index (χ3n) is 6.58. The Balaban J connectivity index is 1.48. The van der Waals surface area contributed by atoms with E-state index in [2.05, 4.69) is 19.2 Å². The Labute approximate surface area is 178 Å². The van der Waals surface area contributed by atoms with Gasteiger partial charge in [-0.25, -0.2) is 0 Å². The van der Waals surface area contributed by atoms with Crippen LogP contribution in [0.5, 0.6) is 5.75 Å². The van der Waals surface area contributed by atoms with Crippen LogP contribution in [0.2, 0.25) is 0 Å². The molecule has 1 aromatic carbocycles. The summed E-state index contributed by atoms with van der Waals surface area (Å²) in [5.74, 6) is 0.264. The van der Waals surface area contributed by atoms with Crippen LogP contribution in [0.4, 0.5) is 5.69 Å². The quantitative estimate of drug-likeness (QED) is 0.665. The molecule has 2 saturated heterocycles. The topological polar surface area (TPSA) is 67.9 Å². The van der Waals surface area contributed by atoms with E-state index in [1.165, 1.54) is 0 Å². The number of anilines is 1. The van der Waals surface area contributed by atoms with Crippen molar-refractivity contribution in [2.24, 2.45) is 17.8 Å². The van der Waals surface area contributed by atoms with E-state index < -0.39 is 17.4 Å². The molecule has 2 bridgehead atoms. The van der Waals surface area contributed by atoms with Crippen LogP contribution in [-0.2, 0) is 14.3 Å². The monoisotopic (exact) mass is 412 g/mol. The van der Waals surface area contributed by atoms with Crippen molar-refractivity contribution in [3.8, 4) is 5.75 Å². The minimum absolute atomic E-state index is 0.0530. The fourth-order valence-corrected chi connectivity index (χ4v) is 5.04. The van der Waals surface area contributed by atoms with E-state index in [4.69, 9.17) is 9.47 Å². The number of amides is 2. The zero-order valence-electron chi connectivity index (χ0n) is 18.3. The molecule has 30 heavy (non-hydrogen) atoms. The second kappa shape index (κ2) is 8.06. The van der Waals surface area contributed by atoms with Gasteiger partial charge >= 0.3 is 0 Å². The Morgan fingerprint density at radius 3 is 2.87 bits per heavy atom. The molecule has 2 amide bonds.